The second kappa shape index (κ2) is 11.5. The first-order valence-electron chi connectivity index (χ1n) is 12.2. The molecule has 5 heteroatoms. The monoisotopic (exact) mass is 480 g/mol. The summed E-state index contributed by atoms with van der Waals surface area (Å²) in [6.07, 6.45) is 8.00. The Labute approximate surface area is 205 Å². The summed E-state index contributed by atoms with van der Waals surface area (Å²) in [6, 6.07) is 14.8. The summed E-state index contributed by atoms with van der Waals surface area (Å²) in [5.41, 5.74) is 1.66. The molecule has 0 amide bonds. The Morgan fingerprint density at radius 2 is 1.54 bits per heavy atom. The molecule has 1 saturated carbocycles. The molecule has 0 unspecified atom stereocenters. The Morgan fingerprint density at radius 1 is 0.829 bits per heavy atom. The van der Waals surface area contributed by atoms with Gasteiger partial charge in [0.2, 0.25) is 0 Å². The molecule has 0 atom stereocenters. The number of ether oxygens (including phenoxy) is 2. The number of benzene rings is 3. The average Bonchev–Trinajstić information content (AvgIpc) is 2.87. The second-order valence-corrected chi connectivity index (χ2v) is 8.97. The van der Waals surface area contributed by atoms with Crippen LogP contribution in [0.15, 0.2) is 66.7 Å². The van der Waals surface area contributed by atoms with Crippen molar-refractivity contribution in [1.29, 1.82) is 0 Å². The fourth-order valence-corrected chi connectivity index (χ4v) is 4.79. The van der Waals surface area contributed by atoms with Gasteiger partial charge in [-0.05, 0) is 86.8 Å². The van der Waals surface area contributed by atoms with Crippen LogP contribution in [0.5, 0.6) is 11.5 Å². The minimum Gasteiger partial charge on any atom is -0.494 e. The lowest BCUT2D eigenvalue weighted by Gasteiger charge is -2.27. The molecule has 3 aromatic rings. The fraction of sp³-hybridized carbons (Fsp3) is 0.333. The highest BCUT2D eigenvalue weighted by molar-refractivity contribution is 5.65. The quantitative estimate of drug-likeness (QED) is 0.301. The molecule has 1 aliphatic carbocycles. The number of rotatable bonds is 8. The average molecular weight is 481 g/mol. The van der Waals surface area contributed by atoms with Gasteiger partial charge in [-0.2, -0.15) is 0 Å². The highest BCUT2D eigenvalue weighted by Crippen LogP contribution is 2.39. The zero-order chi connectivity index (χ0) is 24.8. The summed E-state index contributed by atoms with van der Waals surface area (Å²) in [7, 11) is 0. The highest BCUT2D eigenvalue weighted by atomic mass is 19.2. The van der Waals surface area contributed by atoms with E-state index in [9.17, 15) is 4.39 Å². The molecular formula is C30H31F3O2. The van der Waals surface area contributed by atoms with Crippen LogP contribution in [-0.4, -0.2) is 6.61 Å². The lowest BCUT2D eigenvalue weighted by atomic mass is 9.78. The van der Waals surface area contributed by atoms with Gasteiger partial charge in [-0.1, -0.05) is 36.4 Å². The molecule has 35 heavy (non-hydrogen) atoms. The van der Waals surface area contributed by atoms with Crippen LogP contribution >= 0.6 is 0 Å². The van der Waals surface area contributed by atoms with E-state index in [4.69, 9.17) is 9.47 Å². The Morgan fingerprint density at radius 3 is 2.20 bits per heavy atom. The van der Waals surface area contributed by atoms with Crippen LogP contribution in [0.2, 0.25) is 0 Å². The molecule has 0 radical (unpaired) electrons. The molecule has 184 valence electrons. The lowest BCUT2D eigenvalue weighted by Crippen LogP contribution is -2.13. The SMILES string of the molecule is CC=CC1CCC(c2ccc(-c3ccc(OCc4ccc(OCC)cc4F)cc3)c(F)c2F)CC1. The highest BCUT2D eigenvalue weighted by Gasteiger charge is 2.25. The van der Waals surface area contributed by atoms with Gasteiger partial charge in [0.15, 0.2) is 11.6 Å². The molecule has 0 N–H and O–H groups in total. The summed E-state index contributed by atoms with van der Waals surface area (Å²) >= 11 is 0. The molecule has 2 nitrogen and oxygen atoms in total. The van der Waals surface area contributed by atoms with Crippen molar-refractivity contribution in [3.8, 4) is 22.6 Å². The third-order valence-corrected chi connectivity index (χ3v) is 6.68. The Kier molecular flexibility index (Phi) is 8.17. The molecule has 0 spiro atoms. The lowest BCUT2D eigenvalue weighted by molar-refractivity contribution is 0.298. The number of halogens is 3. The van der Waals surface area contributed by atoms with Crippen LogP contribution in [0.3, 0.4) is 0 Å². The van der Waals surface area contributed by atoms with Gasteiger partial charge in [0.1, 0.15) is 23.9 Å². The van der Waals surface area contributed by atoms with Gasteiger partial charge in [0.05, 0.1) is 6.61 Å². The van der Waals surface area contributed by atoms with Gasteiger partial charge in [-0.15, -0.1) is 0 Å². The minimum absolute atomic E-state index is 0.0472. The Hall–Kier alpha value is -3.21. The number of hydrogen-bond donors (Lipinski definition) is 0. The van der Waals surface area contributed by atoms with E-state index in [1.165, 1.54) is 6.07 Å². The molecule has 0 aliphatic heterocycles. The molecule has 0 bridgehead atoms. The first kappa shape index (κ1) is 24.9. The van der Waals surface area contributed by atoms with Crippen molar-refractivity contribution < 1.29 is 22.6 Å². The summed E-state index contributed by atoms with van der Waals surface area (Å²) in [5.74, 6) is -0.391. The molecule has 1 fully saturated rings. The van der Waals surface area contributed by atoms with Crippen molar-refractivity contribution in [3.63, 3.8) is 0 Å². The largest absolute Gasteiger partial charge is 0.494 e. The van der Waals surface area contributed by atoms with Crippen LogP contribution in [-0.2, 0) is 6.61 Å². The van der Waals surface area contributed by atoms with Gasteiger partial charge in [-0.3, -0.25) is 0 Å². The van der Waals surface area contributed by atoms with Crippen LogP contribution < -0.4 is 9.47 Å². The summed E-state index contributed by atoms with van der Waals surface area (Å²) < 4.78 is 55.3. The smallest absolute Gasteiger partial charge is 0.166 e. The first-order valence-corrected chi connectivity index (χ1v) is 12.2. The molecular weight excluding hydrogens is 449 g/mol. The summed E-state index contributed by atoms with van der Waals surface area (Å²) in [5, 5.41) is 0. The Balaban J connectivity index is 1.42. The van der Waals surface area contributed by atoms with Crippen molar-refractivity contribution in [3.05, 3.63) is 95.3 Å². The van der Waals surface area contributed by atoms with E-state index in [0.717, 1.165) is 25.7 Å². The van der Waals surface area contributed by atoms with Gasteiger partial charge >= 0.3 is 0 Å². The van der Waals surface area contributed by atoms with E-state index in [0.29, 0.717) is 40.7 Å². The maximum Gasteiger partial charge on any atom is 0.166 e. The van der Waals surface area contributed by atoms with Crippen molar-refractivity contribution in [2.45, 2.75) is 52.1 Å². The van der Waals surface area contributed by atoms with Crippen LogP contribution in [0.1, 0.15) is 56.6 Å². The van der Waals surface area contributed by atoms with E-state index in [2.05, 4.69) is 12.2 Å². The second-order valence-electron chi connectivity index (χ2n) is 8.97. The van der Waals surface area contributed by atoms with Crippen LogP contribution in [0, 0.1) is 23.4 Å². The maximum absolute atomic E-state index is 15.0. The van der Waals surface area contributed by atoms with Crippen molar-refractivity contribution >= 4 is 0 Å². The predicted molar refractivity (Wildman–Crippen MR) is 133 cm³/mol. The zero-order valence-electron chi connectivity index (χ0n) is 20.2. The van der Waals surface area contributed by atoms with Gasteiger partial charge in [-0.25, -0.2) is 13.2 Å². The van der Waals surface area contributed by atoms with Crippen LogP contribution in [0.25, 0.3) is 11.1 Å². The molecule has 0 saturated heterocycles. The molecule has 3 aromatic carbocycles. The fourth-order valence-electron chi connectivity index (χ4n) is 4.79. The van der Waals surface area contributed by atoms with Gasteiger partial charge in [0.25, 0.3) is 0 Å². The normalized spacial score (nSPS) is 18.1. The minimum atomic E-state index is -0.816. The molecule has 1 aliphatic rings. The van der Waals surface area contributed by atoms with E-state index in [1.54, 1.807) is 48.5 Å². The van der Waals surface area contributed by atoms with E-state index in [1.807, 2.05) is 13.8 Å². The summed E-state index contributed by atoms with van der Waals surface area (Å²) in [6.45, 7) is 4.36. The van der Waals surface area contributed by atoms with E-state index in [-0.39, 0.29) is 18.1 Å². The standard InChI is InChI=1S/C30H31F3O2/c1-3-5-20-6-8-21(9-7-20)26-16-17-27(30(33)29(26)32)22-10-13-24(14-11-22)35-19-23-12-15-25(34-4-2)18-28(23)31/h3,5,10-18,20-21H,4,6-9,19H2,1-2H3. The van der Waals surface area contributed by atoms with Crippen molar-refractivity contribution in [1.82, 2.24) is 0 Å². The third kappa shape index (κ3) is 5.90. The predicted octanol–water partition coefficient (Wildman–Crippen LogP) is 8.60. The van der Waals surface area contributed by atoms with E-state index < -0.39 is 17.5 Å². The van der Waals surface area contributed by atoms with Crippen molar-refractivity contribution in [2.24, 2.45) is 5.92 Å². The third-order valence-electron chi connectivity index (χ3n) is 6.68. The first-order chi connectivity index (χ1) is 17.0. The van der Waals surface area contributed by atoms with Crippen LogP contribution in [0.4, 0.5) is 13.2 Å². The van der Waals surface area contributed by atoms with Gasteiger partial charge < -0.3 is 9.47 Å². The number of hydrogen-bond acceptors (Lipinski definition) is 2. The zero-order valence-corrected chi connectivity index (χ0v) is 20.2. The van der Waals surface area contributed by atoms with Crippen molar-refractivity contribution in [2.75, 3.05) is 6.61 Å². The molecule has 0 heterocycles. The van der Waals surface area contributed by atoms with Gasteiger partial charge in [0, 0.05) is 17.2 Å². The molecule has 0 aromatic heterocycles. The Bertz CT molecular complexity index is 1160. The topological polar surface area (TPSA) is 18.5 Å². The van der Waals surface area contributed by atoms with E-state index >= 15 is 8.78 Å². The number of allylic oxidation sites excluding steroid dienone is 2. The summed E-state index contributed by atoms with van der Waals surface area (Å²) in [4.78, 5) is 0. The maximum atomic E-state index is 15.0. The molecule has 4 rings (SSSR count).